The molecule has 0 aliphatic carbocycles. The molecular formula is C14H20S. The molecule has 0 radical (unpaired) electrons. The van der Waals surface area contributed by atoms with Gasteiger partial charge in [-0.25, -0.2) is 0 Å². The third-order valence-corrected chi connectivity index (χ3v) is 3.07. The molecule has 1 aromatic rings. The van der Waals surface area contributed by atoms with Crippen molar-refractivity contribution in [3.05, 3.63) is 47.0 Å². The van der Waals surface area contributed by atoms with Crippen molar-refractivity contribution in [3.8, 4) is 0 Å². The van der Waals surface area contributed by atoms with E-state index in [1.807, 2.05) is 0 Å². The van der Waals surface area contributed by atoms with E-state index in [9.17, 15) is 0 Å². The van der Waals surface area contributed by atoms with Crippen LogP contribution in [-0.2, 0) is 6.42 Å². The van der Waals surface area contributed by atoms with E-state index in [-0.39, 0.29) is 0 Å². The molecule has 1 aromatic carbocycles. The summed E-state index contributed by atoms with van der Waals surface area (Å²) in [6.07, 6.45) is 2.13. The van der Waals surface area contributed by atoms with E-state index < -0.39 is 0 Å². The van der Waals surface area contributed by atoms with Crippen molar-refractivity contribution in [3.63, 3.8) is 0 Å². The topological polar surface area (TPSA) is 0 Å². The van der Waals surface area contributed by atoms with Crippen LogP contribution < -0.4 is 0 Å². The van der Waals surface area contributed by atoms with Gasteiger partial charge in [0.25, 0.3) is 0 Å². The number of thiol groups is 1. The summed E-state index contributed by atoms with van der Waals surface area (Å²) in [5, 5.41) is 0.433. The third kappa shape index (κ3) is 4.57. The molecule has 1 unspecified atom stereocenters. The first kappa shape index (κ1) is 12.4. The van der Waals surface area contributed by atoms with E-state index in [0.29, 0.717) is 5.25 Å². The van der Waals surface area contributed by atoms with Crippen LogP contribution in [0.2, 0.25) is 0 Å². The molecule has 1 atom stereocenters. The van der Waals surface area contributed by atoms with Crippen molar-refractivity contribution >= 4 is 12.6 Å². The van der Waals surface area contributed by atoms with E-state index in [4.69, 9.17) is 0 Å². The van der Waals surface area contributed by atoms with Gasteiger partial charge < -0.3 is 0 Å². The summed E-state index contributed by atoms with van der Waals surface area (Å²) in [6, 6.07) is 10.6. The number of rotatable bonds is 4. The van der Waals surface area contributed by atoms with Crippen LogP contribution in [0.3, 0.4) is 0 Å². The first-order chi connectivity index (χ1) is 7.09. The molecule has 0 aliphatic heterocycles. The summed E-state index contributed by atoms with van der Waals surface area (Å²) < 4.78 is 0. The quantitative estimate of drug-likeness (QED) is 0.568. The maximum absolute atomic E-state index is 4.64. The molecule has 0 saturated heterocycles. The van der Waals surface area contributed by atoms with E-state index in [2.05, 4.69) is 63.7 Å². The Morgan fingerprint density at radius 2 is 1.73 bits per heavy atom. The fourth-order valence-electron chi connectivity index (χ4n) is 1.52. The van der Waals surface area contributed by atoms with E-state index >= 15 is 0 Å². The minimum Gasteiger partial charge on any atom is -0.175 e. The smallest absolute Gasteiger partial charge is 0.00943 e. The molecule has 0 fully saturated rings. The number of hydrogen-bond acceptors (Lipinski definition) is 1. The average Bonchev–Trinajstić information content (AvgIpc) is 2.18. The molecule has 0 saturated carbocycles. The van der Waals surface area contributed by atoms with Crippen molar-refractivity contribution in [1.29, 1.82) is 0 Å². The molecule has 0 N–H and O–H groups in total. The Hall–Kier alpha value is -0.690. The molecule has 0 aliphatic rings. The molecule has 0 amide bonds. The highest BCUT2D eigenvalue weighted by molar-refractivity contribution is 7.80. The van der Waals surface area contributed by atoms with Crippen molar-refractivity contribution in [1.82, 2.24) is 0 Å². The van der Waals surface area contributed by atoms with Gasteiger partial charge in [-0.3, -0.25) is 0 Å². The van der Waals surface area contributed by atoms with Gasteiger partial charge in [0.1, 0.15) is 0 Å². The highest BCUT2D eigenvalue weighted by Gasteiger charge is 2.05. The largest absolute Gasteiger partial charge is 0.175 e. The van der Waals surface area contributed by atoms with E-state index in [1.165, 1.54) is 16.7 Å². The average molecular weight is 220 g/mol. The monoisotopic (exact) mass is 220 g/mol. The van der Waals surface area contributed by atoms with Crippen molar-refractivity contribution in [2.75, 3.05) is 0 Å². The maximum atomic E-state index is 4.64. The zero-order chi connectivity index (χ0) is 11.3. The normalized spacial score (nSPS) is 12.3. The lowest BCUT2D eigenvalue weighted by Crippen LogP contribution is -2.04. The molecule has 0 heterocycles. The molecule has 15 heavy (non-hydrogen) atoms. The van der Waals surface area contributed by atoms with Crippen LogP contribution >= 0.6 is 12.6 Å². The summed E-state index contributed by atoms with van der Waals surface area (Å²) in [7, 11) is 0. The van der Waals surface area contributed by atoms with Gasteiger partial charge in [-0.15, -0.1) is 0 Å². The molecule has 0 spiro atoms. The van der Waals surface area contributed by atoms with E-state index in [1.54, 1.807) is 0 Å². The Morgan fingerprint density at radius 3 is 2.27 bits per heavy atom. The van der Waals surface area contributed by atoms with Gasteiger partial charge >= 0.3 is 0 Å². The van der Waals surface area contributed by atoms with Gasteiger partial charge in [-0.1, -0.05) is 41.5 Å². The van der Waals surface area contributed by atoms with Crippen LogP contribution in [0.25, 0.3) is 0 Å². The molecule has 0 nitrogen and oxygen atoms in total. The minimum absolute atomic E-state index is 0.433. The van der Waals surface area contributed by atoms with Gasteiger partial charge in [0.15, 0.2) is 0 Å². The molecular weight excluding hydrogens is 200 g/mol. The molecule has 1 heteroatoms. The van der Waals surface area contributed by atoms with Gasteiger partial charge in [0, 0.05) is 5.25 Å². The first-order valence-corrected chi connectivity index (χ1v) is 5.96. The van der Waals surface area contributed by atoms with Crippen LogP contribution in [0, 0.1) is 0 Å². The predicted molar refractivity (Wildman–Crippen MR) is 71.6 cm³/mol. The lowest BCUT2D eigenvalue weighted by molar-refractivity contribution is 0.829. The number of allylic oxidation sites excluding steroid dienone is 2. The predicted octanol–water partition coefficient (Wildman–Crippen LogP) is 4.27. The standard InChI is InChI=1S/C14H20S/c1-11(2)12(3)9-14(15)10-13-7-5-4-6-8-13/h4-8,14-15H,9-10H2,1-3H3. The Morgan fingerprint density at radius 1 is 1.13 bits per heavy atom. The summed E-state index contributed by atoms with van der Waals surface area (Å²) in [6.45, 7) is 6.53. The highest BCUT2D eigenvalue weighted by atomic mass is 32.1. The highest BCUT2D eigenvalue weighted by Crippen LogP contribution is 2.17. The summed E-state index contributed by atoms with van der Waals surface area (Å²) >= 11 is 4.64. The Labute approximate surface area is 98.8 Å². The fraction of sp³-hybridized carbons (Fsp3) is 0.429. The van der Waals surface area contributed by atoms with Crippen molar-refractivity contribution in [2.24, 2.45) is 0 Å². The van der Waals surface area contributed by atoms with Gasteiger partial charge in [0.05, 0.1) is 0 Å². The van der Waals surface area contributed by atoms with Gasteiger partial charge in [-0.05, 0) is 39.2 Å². The SMILES string of the molecule is CC(C)=C(C)CC(S)Cc1ccccc1. The maximum Gasteiger partial charge on any atom is 0.00943 e. The Kier molecular flexibility index (Phi) is 4.97. The zero-order valence-electron chi connectivity index (χ0n) is 9.83. The molecule has 82 valence electrons. The lowest BCUT2D eigenvalue weighted by Gasteiger charge is -2.12. The van der Waals surface area contributed by atoms with Crippen LogP contribution in [0.4, 0.5) is 0 Å². The third-order valence-electron chi connectivity index (χ3n) is 2.71. The Balaban J connectivity index is 2.50. The van der Waals surface area contributed by atoms with Crippen LogP contribution in [0.15, 0.2) is 41.5 Å². The molecule has 0 bridgehead atoms. The Bertz CT molecular complexity index is 320. The second-order valence-corrected chi connectivity index (χ2v) is 5.06. The van der Waals surface area contributed by atoms with E-state index in [0.717, 1.165) is 12.8 Å². The number of benzene rings is 1. The van der Waals surface area contributed by atoms with Crippen molar-refractivity contribution < 1.29 is 0 Å². The first-order valence-electron chi connectivity index (χ1n) is 5.44. The number of hydrogen-bond donors (Lipinski definition) is 1. The lowest BCUT2D eigenvalue weighted by atomic mass is 10.0. The van der Waals surface area contributed by atoms with Gasteiger partial charge in [0.2, 0.25) is 0 Å². The van der Waals surface area contributed by atoms with Crippen LogP contribution in [0.1, 0.15) is 32.8 Å². The second kappa shape index (κ2) is 6.02. The minimum atomic E-state index is 0.433. The zero-order valence-corrected chi connectivity index (χ0v) is 10.7. The second-order valence-electron chi connectivity index (χ2n) is 4.33. The molecule has 1 rings (SSSR count). The van der Waals surface area contributed by atoms with Crippen molar-refractivity contribution in [2.45, 2.75) is 38.9 Å². The van der Waals surface area contributed by atoms with Gasteiger partial charge in [-0.2, -0.15) is 12.6 Å². The summed E-state index contributed by atoms with van der Waals surface area (Å²) in [5.74, 6) is 0. The van der Waals surface area contributed by atoms with Crippen LogP contribution in [0.5, 0.6) is 0 Å². The van der Waals surface area contributed by atoms with Crippen LogP contribution in [-0.4, -0.2) is 5.25 Å². The molecule has 0 aromatic heterocycles. The summed E-state index contributed by atoms with van der Waals surface area (Å²) in [5.41, 5.74) is 4.26. The summed E-state index contributed by atoms with van der Waals surface area (Å²) in [4.78, 5) is 0. The fourth-order valence-corrected chi connectivity index (χ4v) is 2.00.